The number of hydrogen-bond donors (Lipinski definition) is 1. The predicted molar refractivity (Wildman–Crippen MR) is 70.6 cm³/mol. The van der Waals surface area contributed by atoms with Crippen molar-refractivity contribution >= 4 is 0 Å². The summed E-state index contributed by atoms with van der Waals surface area (Å²) in [6.45, 7) is 7.89. The van der Waals surface area contributed by atoms with E-state index in [0.29, 0.717) is 18.0 Å². The molecule has 1 aliphatic rings. The fourth-order valence-electron chi connectivity index (χ4n) is 2.87. The van der Waals surface area contributed by atoms with Gasteiger partial charge in [-0.15, -0.1) is 0 Å². The summed E-state index contributed by atoms with van der Waals surface area (Å²) in [6, 6.07) is 1.35. The van der Waals surface area contributed by atoms with Crippen molar-refractivity contribution in [3.8, 4) is 0 Å². The van der Waals surface area contributed by atoms with Crippen LogP contribution in [0, 0.1) is 5.92 Å². The van der Waals surface area contributed by atoms with Crippen molar-refractivity contribution in [1.82, 2.24) is 9.80 Å². The number of nitrogens with zero attached hydrogens (tertiary/aromatic N) is 2. The van der Waals surface area contributed by atoms with Gasteiger partial charge in [0.25, 0.3) is 0 Å². The van der Waals surface area contributed by atoms with Crippen molar-refractivity contribution in [2.24, 2.45) is 11.7 Å². The van der Waals surface area contributed by atoms with Gasteiger partial charge in [-0.25, -0.2) is 0 Å². The molecular formula is C13H29N3. The Bertz CT molecular complexity index is 192. The molecule has 1 aliphatic heterocycles. The average Bonchev–Trinajstić information content (AvgIpc) is 2.25. The number of rotatable bonds is 5. The van der Waals surface area contributed by atoms with Crippen molar-refractivity contribution < 1.29 is 0 Å². The largest absolute Gasteiger partial charge is 0.330 e. The highest BCUT2D eigenvalue weighted by Crippen LogP contribution is 2.27. The Balaban J connectivity index is 2.59. The minimum Gasteiger partial charge on any atom is -0.330 e. The monoisotopic (exact) mass is 227 g/mol. The van der Waals surface area contributed by atoms with Crippen molar-refractivity contribution in [2.45, 2.75) is 45.2 Å². The Morgan fingerprint density at radius 1 is 1.38 bits per heavy atom. The molecule has 0 radical (unpaired) electrons. The fourth-order valence-corrected chi connectivity index (χ4v) is 2.87. The molecule has 0 amide bonds. The molecule has 96 valence electrons. The highest BCUT2D eigenvalue weighted by atomic mass is 15.2. The maximum Gasteiger partial charge on any atom is 0.0150 e. The van der Waals surface area contributed by atoms with Gasteiger partial charge in [-0.1, -0.05) is 0 Å². The minimum atomic E-state index is 0.654. The van der Waals surface area contributed by atoms with Crippen LogP contribution in [0.25, 0.3) is 0 Å². The van der Waals surface area contributed by atoms with Crippen LogP contribution in [-0.2, 0) is 0 Å². The summed E-state index contributed by atoms with van der Waals surface area (Å²) < 4.78 is 0. The van der Waals surface area contributed by atoms with Crippen molar-refractivity contribution in [1.29, 1.82) is 0 Å². The smallest absolute Gasteiger partial charge is 0.0150 e. The van der Waals surface area contributed by atoms with Crippen LogP contribution in [0.2, 0.25) is 0 Å². The fraction of sp³-hybridized carbons (Fsp3) is 1.00. The Kier molecular flexibility index (Phi) is 5.73. The second-order valence-corrected chi connectivity index (χ2v) is 5.63. The Morgan fingerprint density at radius 3 is 2.56 bits per heavy atom. The first-order chi connectivity index (χ1) is 7.56. The molecule has 0 aliphatic carbocycles. The van der Waals surface area contributed by atoms with Crippen LogP contribution < -0.4 is 5.73 Å². The Labute approximate surface area is 101 Å². The van der Waals surface area contributed by atoms with E-state index >= 15 is 0 Å². The SMILES string of the molecule is CC(C)N1CCC[C@H](CN)[C@H]1CCN(C)C. The second kappa shape index (κ2) is 6.58. The predicted octanol–water partition coefficient (Wildman–Crippen LogP) is 1.39. The normalized spacial score (nSPS) is 27.9. The molecule has 0 saturated carbocycles. The molecule has 0 spiro atoms. The van der Waals surface area contributed by atoms with Gasteiger partial charge in [0.1, 0.15) is 0 Å². The third kappa shape index (κ3) is 3.72. The van der Waals surface area contributed by atoms with Gasteiger partial charge < -0.3 is 10.6 Å². The van der Waals surface area contributed by atoms with E-state index in [4.69, 9.17) is 5.73 Å². The van der Waals surface area contributed by atoms with Gasteiger partial charge >= 0.3 is 0 Å². The molecule has 0 bridgehead atoms. The van der Waals surface area contributed by atoms with E-state index in [2.05, 4.69) is 37.7 Å². The van der Waals surface area contributed by atoms with Crippen LogP contribution in [0.5, 0.6) is 0 Å². The third-order valence-electron chi connectivity index (χ3n) is 3.80. The lowest BCUT2D eigenvalue weighted by molar-refractivity contribution is 0.0568. The van der Waals surface area contributed by atoms with Crippen LogP contribution in [0.4, 0.5) is 0 Å². The van der Waals surface area contributed by atoms with E-state index in [0.717, 1.165) is 6.54 Å². The summed E-state index contributed by atoms with van der Waals surface area (Å²) in [6.07, 6.45) is 3.89. The molecule has 0 aromatic heterocycles. The highest BCUT2D eigenvalue weighted by molar-refractivity contribution is 4.86. The molecule has 3 nitrogen and oxygen atoms in total. The molecule has 0 unspecified atom stereocenters. The molecular weight excluding hydrogens is 198 g/mol. The summed E-state index contributed by atoms with van der Waals surface area (Å²) in [5, 5.41) is 0. The van der Waals surface area contributed by atoms with E-state index in [1.165, 1.54) is 32.4 Å². The van der Waals surface area contributed by atoms with Gasteiger partial charge in [-0.3, -0.25) is 4.90 Å². The van der Waals surface area contributed by atoms with Gasteiger partial charge in [0.2, 0.25) is 0 Å². The summed E-state index contributed by atoms with van der Waals surface area (Å²) in [7, 11) is 4.31. The molecule has 1 heterocycles. The number of likely N-dealkylation sites (tertiary alicyclic amines) is 1. The maximum absolute atomic E-state index is 5.92. The first-order valence-electron chi connectivity index (χ1n) is 6.66. The minimum absolute atomic E-state index is 0.654. The standard InChI is InChI=1S/C13H29N3/c1-11(2)16-8-5-6-12(10-14)13(16)7-9-15(3)4/h11-13H,5-10,14H2,1-4H3/t12-,13-/m1/s1. The molecule has 1 rings (SSSR count). The van der Waals surface area contributed by atoms with E-state index in [1.54, 1.807) is 0 Å². The first kappa shape index (κ1) is 13.9. The van der Waals surface area contributed by atoms with Crippen molar-refractivity contribution in [3.05, 3.63) is 0 Å². The zero-order chi connectivity index (χ0) is 12.1. The third-order valence-corrected chi connectivity index (χ3v) is 3.80. The lowest BCUT2D eigenvalue weighted by Gasteiger charge is -2.44. The van der Waals surface area contributed by atoms with Gasteiger partial charge in [0.15, 0.2) is 0 Å². The molecule has 1 saturated heterocycles. The van der Waals surface area contributed by atoms with Crippen LogP contribution in [0.15, 0.2) is 0 Å². The lowest BCUT2D eigenvalue weighted by Crippen LogP contribution is -2.51. The van der Waals surface area contributed by atoms with E-state index in [9.17, 15) is 0 Å². The Morgan fingerprint density at radius 2 is 2.06 bits per heavy atom. The zero-order valence-electron chi connectivity index (χ0n) is 11.4. The van der Waals surface area contributed by atoms with E-state index < -0.39 is 0 Å². The molecule has 2 atom stereocenters. The zero-order valence-corrected chi connectivity index (χ0v) is 11.4. The van der Waals surface area contributed by atoms with Crippen molar-refractivity contribution in [3.63, 3.8) is 0 Å². The molecule has 0 aromatic carbocycles. The summed E-state index contributed by atoms with van der Waals surface area (Å²) in [4.78, 5) is 4.94. The summed E-state index contributed by atoms with van der Waals surface area (Å²) in [5.41, 5.74) is 5.92. The topological polar surface area (TPSA) is 32.5 Å². The summed E-state index contributed by atoms with van der Waals surface area (Å²) in [5.74, 6) is 0.705. The molecule has 16 heavy (non-hydrogen) atoms. The Hall–Kier alpha value is -0.120. The van der Waals surface area contributed by atoms with E-state index in [-0.39, 0.29) is 0 Å². The van der Waals surface area contributed by atoms with Crippen LogP contribution in [-0.4, -0.2) is 55.6 Å². The lowest BCUT2D eigenvalue weighted by atomic mass is 9.86. The van der Waals surface area contributed by atoms with Crippen LogP contribution in [0.1, 0.15) is 33.1 Å². The van der Waals surface area contributed by atoms with Gasteiger partial charge in [0, 0.05) is 12.1 Å². The van der Waals surface area contributed by atoms with E-state index in [1.807, 2.05) is 0 Å². The van der Waals surface area contributed by atoms with Gasteiger partial charge in [-0.05, 0) is 72.8 Å². The average molecular weight is 227 g/mol. The summed E-state index contributed by atoms with van der Waals surface area (Å²) >= 11 is 0. The number of hydrogen-bond acceptors (Lipinski definition) is 3. The molecule has 0 aromatic rings. The van der Waals surface area contributed by atoms with Gasteiger partial charge in [-0.2, -0.15) is 0 Å². The maximum atomic E-state index is 5.92. The molecule has 3 heteroatoms. The molecule has 1 fully saturated rings. The van der Waals surface area contributed by atoms with Crippen molar-refractivity contribution in [2.75, 3.05) is 33.7 Å². The van der Waals surface area contributed by atoms with Crippen LogP contribution in [0.3, 0.4) is 0 Å². The van der Waals surface area contributed by atoms with Crippen LogP contribution >= 0.6 is 0 Å². The number of piperidine rings is 1. The number of nitrogens with two attached hydrogens (primary N) is 1. The first-order valence-corrected chi connectivity index (χ1v) is 6.66. The second-order valence-electron chi connectivity index (χ2n) is 5.63. The van der Waals surface area contributed by atoms with Gasteiger partial charge in [0.05, 0.1) is 0 Å². The molecule has 2 N–H and O–H groups in total. The quantitative estimate of drug-likeness (QED) is 0.770. The highest BCUT2D eigenvalue weighted by Gasteiger charge is 2.31.